The average Bonchev–Trinajstić information content (AvgIpc) is 3.09. The van der Waals surface area contributed by atoms with Crippen molar-refractivity contribution in [3.05, 3.63) is 47.9 Å². The Balaban J connectivity index is 2.05. The molecule has 1 atom stereocenters. The molecule has 1 heterocycles. The number of hydrogen-bond acceptors (Lipinski definition) is 4. The summed E-state index contributed by atoms with van der Waals surface area (Å²) in [4.78, 5) is 40.2. The number of carbonyl (C=O) groups is 3. The molecule has 1 unspecified atom stereocenters. The molecule has 10 heteroatoms. The first kappa shape index (κ1) is 23.0. The highest BCUT2D eigenvalue weighted by molar-refractivity contribution is 5.96. The van der Waals surface area contributed by atoms with Crippen LogP contribution in [0.25, 0.3) is 0 Å². The van der Waals surface area contributed by atoms with Gasteiger partial charge in [0.25, 0.3) is 0 Å². The Bertz CT molecular complexity index is 922. The monoisotopic (exact) mass is 422 g/mol. The van der Waals surface area contributed by atoms with E-state index < -0.39 is 41.0 Å². The number of nitrogens with one attached hydrogen (secondary N) is 2. The van der Waals surface area contributed by atoms with E-state index in [4.69, 9.17) is 0 Å². The van der Waals surface area contributed by atoms with Gasteiger partial charge in [-0.3, -0.25) is 9.59 Å². The van der Waals surface area contributed by atoms with Gasteiger partial charge in [0.1, 0.15) is 23.2 Å². The molecule has 0 saturated carbocycles. The van der Waals surface area contributed by atoms with Gasteiger partial charge >= 0.3 is 5.97 Å². The van der Waals surface area contributed by atoms with Crippen molar-refractivity contribution in [2.45, 2.75) is 51.6 Å². The maximum absolute atomic E-state index is 13.3. The van der Waals surface area contributed by atoms with Gasteiger partial charge in [0.15, 0.2) is 5.82 Å². The van der Waals surface area contributed by atoms with Gasteiger partial charge in [-0.15, -0.1) is 0 Å². The highest BCUT2D eigenvalue weighted by Crippen LogP contribution is 2.18. The quantitative estimate of drug-likeness (QED) is 0.575. The standard InChI is InChI=1S/C20H24F2N4O4/c1-4-5-15(24-17(27)8-12-6-13(21)9-14(22)7-12)18(28)25-16-10-26(11-23-16)20(2,3)19(29)30/h6-7,9-11,15H,4-5,8H2,1-3H3,(H,24,27)(H,25,28)(H,29,30). The summed E-state index contributed by atoms with van der Waals surface area (Å²) in [7, 11) is 0. The number of rotatable bonds is 9. The predicted octanol–water partition coefficient (Wildman–Crippen LogP) is 2.45. The van der Waals surface area contributed by atoms with Gasteiger partial charge in [0.05, 0.1) is 12.7 Å². The van der Waals surface area contributed by atoms with Gasteiger partial charge in [0, 0.05) is 12.3 Å². The number of amides is 2. The molecule has 2 aromatic rings. The molecule has 1 aromatic carbocycles. The number of halogens is 2. The van der Waals surface area contributed by atoms with E-state index in [2.05, 4.69) is 15.6 Å². The van der Waals surface area contributed by atoms with Crippen molar-refractivity contribution in [3.63, 3.8) is 0 Å². The van der Waals surface area contributed by atoms with E-state index >= 15 is 0 Å². The second-order valence-corrected chi connectivity index (χ2v) is 7.38. The van der Waals surface area contributed by atoms with Crippen LogP contribution in [0, 0.1) is 11.6 Å². The SMILES string of the molecule is CCCC(NC(=O)Cc1cc(F)cc(F)c1)C(=O)Nc1cn(C(C)(C)C(=O)O)cn1. The van der Waals surface area contributed by atoms with Gasteiger partial charge in [0.2, 0.25) is 11.8 Å². The van der Waals surface area contributed by atoms with Crippen LogP contribution in [0.4, 0.5) is 14.6 Å². The van der Waals surface area contributed by atoms with Crippen molar-refractivity contribution in [2.24, 2.45) is 0 Å². The van der Waals surface area contributed by atoms with Gasteiger partial charge in [-0.25, -0.2) is 18.6 Å². The molecule has 0 bridgehead atoms. The van der Waals surface area contributed by atoms with Crippen molar-refractivity contribution in [1.29, 1.82) is 0 Å². The molecule has 0 spiro atoms. The van der Waals surface area contributed by atoms with Crippen LogP contribution in [0.1, 0.15) is 39.2 Å². The smallest absolute Gasteiger partial charge is 0.329 e. The number of imidazole rings is 1. The van der Waals surface area contributed by atoms with Crippen LogP contribution in [0.5, 0.6) is 0 Å². The van der Waals surface area contributed by atoms with Crippen molar-refractivity contribution >= 4 is 23.6 Å². The molecule has 2 amide bonds. The van der Waals surface area contributed by atoms with Crippen LogP contribution in [0.3, 0.4) is 0 Å². The molecule has 0 aliphatic carbocycles. The lowest BCUT2D eigenvalue weighted by molar-refractivity contribution is -0.145. The average molecular weight is 422 g/mol. The maximum atomic E-state index is 13.3. The van der Waals surface area contributed by atoms with Gasteiger partial charge in [-0.05, 0) is 38.0 Å². The van der Waals surface area contributed by atoms with Crippen LogP contribution >= 0.6 is 0 Å². The Hall–Kier alpha value is -3.30. The fourth-order valence-corrected chi connectivity index (χ4v) is 2.72. The summed E-state index contributed by atoms with van der Waals surface area (Å²) in [6, 6.07) is 1.92. The lowest BCUT2D eigenvalue weighted by atomic mass is 10.1. The zero-order valence-electron chi connectivity index (χ0n) is 16.9. The minimum Gasteiger partial charge on any atom is -0.480 e. The summed E-state index contributed by atoms with van der Waals surface area (Å²) < 4.78 is 27.9. The van der Waals surface area contributed by atoms with Crippen LogP contribution in [-0.2, 0) is 26.3 Å². The van der Waals surface area contributed by atoms with E-state index in [1.165, 1.54) is 30.9 Å². The third-order valence-corrected chi connectivity index (χ3v) is 4.52. The minimum absolute atomic E-state index is 0.136. The first-order valence-corrected chi connectivity index (χ1v) is 9.36. The van der Waals surface area contributed by atoms with Crippen molar-refractivity contribution in [2.75, 3.05) is 5.32 Å². The third kappa shape index (κ3) is 5.85. The fourth-order valence-electron chi connectivity index (χ4n) is 2.72. The van der Waals surface area contributed by atoms with Crippen LogP contribution in [0.15, 0.2) is 30.7 Å². The third-order valence-electron chi connectivity index (χ3n) is 4.52. The Morgan fingerprint density at radius 1 is 1.20 bits per heavy atom. The minimum atomic E-state index is -1.26. The number of carbonyl (C=O) groups excluding carboxylic acids is 2. The maximum Gasteiger partial charge on any atom is 0.329 e. The zero-order valence-corrected chi connectivity index (χ0v) is 16.9. The van der Waals surface area contributed by atoms with Gasteiger partial charge in [-0.2, -0.15) is 0 Å². The largest absolute Gasteiger partial charge is 0.480 e. The molecular formula is C20H24F2N4O4. The number of hydrogen-bond donors (Lipinski definition) is 3. The van der Waals surface area contributed by atoms with E-state index in [1.807, 2.05) is 6.92 Å². The summed E-state index contributed by atoms with van der Waals surface area (Å²) in [6.45, 7) is 4.80. The summed E-state index contributed by atoms with van der Waals surface area (Å²) in [5, 5.41) is 14.4. The Morgan fingerprint density at radius 2 is 1.83 bits per heavy atom. The summed E-state index contributed by atoms with van der Waals surface area (Å²) >= 11 is 0. The molecule has 3 N–H and O–H groups in total. The normalized spacial score (nSPS) is 12.3. The molecule has 0 radical (unpaired) electrons. The summed E-state index contributed by atoms with van der Waals surface area (Å²) in [6.07, 6.45) is 3.30. The zero-order chi connectivity index (χ0) is 22.5. The van der Waals surface area contributed by atoms with E-state index in [-0.39, 0.29) is 17.8 Å². The molecular weight excluding hydrogens is 398 g/mol. The molecule has 8 nitrogen and oxygen atoms in total. The Labute approximate surface area is 172 Å². The van der Waals surface area contributed by atoms with Crippen LogP contribution < -0.4 is 10.6 Å². The Kier molecular flexibility index (Phi) is 7.25. The number of nitrogens with zero attached hydrogens (tertiary/aromatic N) is 2. The topological polar surface area (TPSA) is 113 Å². The highest BCUT2D eigenvalue weighted by Gasteiger charge is 2.29. The molecule has 0 fully saturated rings. The van der Waals surface area contributed by atoms with Crippen molar-refractivity contribution < 1.29 is 28.3 Å². The molecule has 0 aliphatic heterocycles. The lowest BCUT2D eigenvalue weighted by Crippen LogP contribution is -2.44. The van der Waals surface area contributed by atoms with Crippen LogP contribution in [0.2, 0.25) is 0 Å². The van der Waals surface area contributed by atoms with Crippen molar-refractivity contribution in [3.8, 4) is 0 Å². The molecule has 1 aromatic heterocycles. The number of carboxylic acids is 1. The number of carboxylic acid groups (broad SMARTS) is 1. The highest BCUT2D eigenvalue weighted by atomic mass is 19.1. The molecule has 0 saturated heterocycles. The second-order valence-electron chi connectivity index (χ2n) is 7.38. The molecule has 30 heavy (non-hydrogen) atoms. The Morgan fingerprint density at radius 3 is 2.40 bits per heavy atom. The molecule has 162 valence electrons. The summed E-state index contributed by atoms with van der Waals surface area (Å²) in [5.74, 6) is -3.61. The number of aromatic nitrogens is 2. The number of anilines is 1. The lowest BCUT2D eigenvalue weighted by Gasteiger charge is -2.20. The van der Waals surface area contributed by atoms with Gasteiger partial charge in [-0.1, -0.05) is 13.3 Å². The fraction of sp³-hybridized carbons (Fsp3) is 0.400. The number of benzene rings is 1. The van der Waals surface area contributed by atoms with Gasteiger partial charge < -0.3 is 20.3 Å². The van der Waals surface area contributed by atoms with E-state index in [0.717, 1.165) is 12.1 Å². The second kappa shape index (κ2) is 9.47. The first-order valence-electron chi connectivity index (χ1n) is 9.36. The van der Waals surface area contributed by atoms with E-state index in [1.54, 1.807) is 0 Å². The number of aliphatic carboxylic acids is 1. The van der Waals surface area contributed by atoms with Crippen molar-refractivity contribution in [1.82, 2.24) is 14.9 Å². The van der Waals surface area contributed by atoms with Crippen LogP contribution in [-0.4, -0.2) is 38.5 Å². The predicted molar refractivity (Wildman–Crippen MR) is 105 cm³/mol. The van der Waals surface area contributed by atoms with E-state index in [0.29, 0.717) is 18.9 Å². The molecule has 2 rings (SSSR count). The van der Waals surface area contributed by atoms with E-state index in [9.17, 15) is 28.3 Å². The summed E-state index contributed by atoms with van der Waals surface area (Å²) in [5.41, 5.74) is -1.11. The molecule has 0 aliphatic rings. The first-order chi connectivity index (χ1) is 14.0.